The maximum atomic E-state index is 13.1. The van der Waals surface area contributed by atoms with Crippen LogP contribution in [0, 0.1) is 0 Å². The lowest BCUT2D eigenvalue weighted by molar-refractivity contribution is 0.0656. The van der Waals surface area contributed by atoms with E-state index in [2.05, 4.69) is 17.1 Å². The predicted molar refractivity (Wildman–Crippen MR) is 117 cm³/mol. The van der Waals surface area contributed by atoms with Crippen molar-refractivity contribution in [3.05, 3.63) is 59.2 Å². The van der Waals surface area contributed by atoms with E-state index in [4.69, 9.17) is 4.74 Å². The summed E-state index contributed by atoms with van der Waals surface area (Å²) in [5, 5.41) is 2.97. The Hall–Kier alpha value is -3.02. The van der Waals surface area contributed by atoms with E-state index in [9.17, 15) is 9.59 Å². The van der Waals surface area contributed by atoms with Gasteiger partial charge >= 0.3 is 0 Å². The molecule has 2 aliphatic rings. The third kappa shape index (κ3) is 3.74. The first kappa shape index (κ1) is 20.3. The number of anilines is 1. The summed E-state index contributed by atoms with van der Waals surface area (Å²) in [6.45, 7) is 4.10. The second kappa shape index (κ2) is 8.78. The van der Waals surface area contributed by atoms with Crippen LogP contribution in [0.1, 0.15) is 58.9 Å². The lowest BCUT2D eigenvalue weighted by atomic mass is 10.0. The molecule has 6 heteroatoms. The van der Waals surface area contributed by atoms with Crippen molar-refractivity contribution in [2.45, 2.75) is 45.3 Å². The summed E-state index contributed by atoms with van der Waals surface area (Å²) in [7, 11) is 1.62. The van der Waals surface area contributed by atoms with Gasteiger partial charge in [0.15, 0.2) is 0 Å². The summed E-state index contributed by atoms with van der Waals surface area (Å²) in [5.74, 6) is 0.678. The maximum Gasteiger partial charge on any atom is 0.257 e. The van der Waals surface area contributed by atoms with Crippen LogP contribution in [0.25, 0.3) is 0 Å². The number of hydrogen-bond donors (Lipinski definition) is 1. The van der Waals surface area contributed by atoms with E-state index in [1.165, 1.54) is 0 Å². The van der Waals surface area contributed by atoms with Crippen molar-refractivity contribution in [2.75, 3.05) is 25.1 Å². The monoisotopic (exact) mass is 407 g/mol. The number of nitrogens with one attached hydrogen (secondary N) is 1. The lowest BCUT2D eigenvalue weighted by Crippen LogP contribution is -2.55. The molecule has 0 aromatic heterocycles. The molecule has 2 heterocycles. The highest BCUT2D eigenvalue weighted by Crippen LogP contribution is 2.35. The molecule has 2 aromatic rings. The molecule has 2 aliphatic heterocycles. The zero-order chi connectivity index (χ0) is 21.1. The van der Waals surface area contributed by atoms with Crippen LogP contribution < -0.4 is 15.0 Å². The van der Waals surface area contributed by atoms with E-state index in [1.54, 1.807) is 19.2 Å². The number of fused-ring (bicyclic) bond motifs is 2. The molecular formula is C24H29N3O3. The third-order valence-corrected chi connectivity index (χ3v) is 6.11. The average Bonchev–Trinajstić information content (AvgIpc) is 3.04. The SMILES string of the molecule is CCN1c2cc(C(=O)NCc3ccccc3OC)ccc2C(=O)N2CCCCCC21. The molecular weight excluding hydrogens is 378 g/mol. The summed E-state index contributed by atoms with van der Waals surface area (Å²) >= 11 is 0. The van der Waals surface area contributed by atoms with Crippen LogP contribution in [0.4, 0.5) is 5.69 Å². The van der Waals surface area contributed by atoms with Crippen molar-refractivity contribution in [1.29, 1.82) is 0 Å². The van der Waals surface area contributed by atoms with Gasteiger partial charge in [-0.25, -0.2) is 0 Å². The first-order valence-electron chi connectivity index (χ1n) is 10.8. The Labute approximate surface area is 177 Å². The maximum absolute atomic E-state index is 13.1. The van der Waals surface area contributed by atoms with Crippen molar-refractivity contribution >= 4 is 17.5 Å². The second-order valence-electron chi connectivity index (χ2n) is 7.84. The number of rotatable bonds is 5. The number of carbonyl (C=O) groups is 2. The van der Waals surface area contributed by atoms with Crippen LogP contribution >= 0.6 is 0 Å². The Morgan fingerprint density at radius 2 is 2.00 bits per heavy atom. The van der Waals surface area contributed by atoms with Gasteiger partial charge in [-0.3, -0.25) is 9.59 Å². The normalized spacial score (nSPS) is 18.3. The van der Waals surface area contributed by atoms with E-state index in [0.717, 1.165) is 55.8 Å². The van der Waals surface area contributed by atoms with Crippen LogP contribution in [0.5, 0.6) is 5.75 Å². The van der Waals surface area contributed by atoms with Gasteiger partial charge in [-0.2, -0.15) is 0 Å². The fraction of sp³-hybridized carbons (Fsp3) is 0.417. The molecule has 0 spiro atoms. The summed E-state index contributed by atoms with van der Waals surface area (Å²) in [5.41, 5.74) is 3.05. The second-order valence-corrected chi connectivity index (χ2v) is 7.84. The van der Waals surface area contributed by atoms with E-state index >= 15 is 0 Å². The van der Waals surface area contributed by atoms with Crippen molar-refractivity contribution < 1.29 is 14.3 Å². The summed E-state index contributed by atoms with van der Waals surface area (Å²) in [4.78, 5) is 30.3. The van der Waals surface area contributed by atoms with E-state index in [1.807, 2.05) is 35.2 Å². The molecule has 2 aromatic carbocycles. The average molecular weight is 408 g/mol. The third-order valence-electron chi connectivity index (χ3n) is 6.11. The molecule has 1 saturated heterocycles. The Kier molecular flexibility index (Phi) is 5.93. The standard InChI is InChI=1S/C24H29N3O3/c1-3-26-20-15-17(23(28)25-16-18-9-6-7-10-21(18)30-2)12-13-19(20)24(29)27-14-8-4-5-11-22(26)27/h6-7,9-10,12-13,15,22H,3-5,8,11,14,16H2,1-2H3,(H,25,28). The quantitative estimate of drug-likeness (QED) is 0.819. The number of carbonyl (C=O) groups excluding carboxylic acids is 2. The summed E-state index contributed by atoms with van der Waals surface area (Å²) in [6, 6.07) is 13.1. The topological polar surface area (TPSA) is 61.9 Å². The van der Waals surface area contributed by atoms with E-state index in [-0.39, 0.29) is 18.0 Å². The summed E-state index contributed by atoms with van der Waals surface area (Å²) < 4.78 is 5.36. The van der Waals surface area contributed by atoms with Gasteiger partial charge in [-0.05, 0) is 50.5 Å². The van der Waals surface area contributed by atoms with Crippen molar-refractivity contribution in [3.8, 4) is 5.75 Å². The molecule has 0 radical (unpaired) electrons. The molecule has 0 saturated carbocycles. The molecule has 2 amide bonds. The molecule has 4 rings (SSSR count). The zero-order valence-electron chi connectivity index (χ0n) is 17.7. The number of amides is 2. The molecule has 6 nitrogen and oxygen atoms in total. The van der Waals surface area contributed by atoms with Crippen LogP contribution in [0.3, 0.4) is 0 Å². The van der Waals surface area contributed by atoms with Crippen molar-refractivity contribution in [1.82, 2.24) is 10.2 Å². The smallest absolute Gasteiger partial charge is 0.257 e. The van der Waals surface area contributed by atoms with Gasteiger partial charge < -0.3 is 19.9 Å². The van der Waals surface area contributed by atoms with Crippen molar-refractivity contribution in [3.63, 3.8) is 0 Å². The van der Waals surface area contributed by atoms with Gasteiger partial charge in [0.1, 0.15) is 11.9 Å². The molecule has 30 heavy (non-hydrogen) atoms. The first-order chi connectivity index (χ1) is 14.6. The number of nitrogens with zero attached hydrogens (tertiary/aromatic N) is 2. The molecule has 1 N–H and O–H groups in total. The van der Waals surface area contributed by atoms with Gasteiger partial charge in [-0.1, -0.05) is 24.6 Å². The molecule has 158 valence electrons. The Balaban J connectivity index is 1.58. The molecule has 1 fully saturated rings. The van der Waals surface area contributed by atoms with Gasteiger partial charge in [0.05, 0.1) is 18.4 Å². The zero-order valence-corrected chi connectivity index (χ0v) is 17.7. The molecule has 1 atom stereocenters. The molecule has 0 aliphatic carbocycles. The molecule has 1 unspecified atom stereocenters. The highest BCUT2D eigenvalue weighted by molar-refractivity contribution is 6.04. The highest BCUT2D eigenvalue weighted by Gasteiger charge is 2.37. The predicted octanol–water partition coefficient (Wildman–Crippen LogP) is 3.81. The van der Waals surface area contributed by atoms with Crippen LogP contribution in [0.15, 0.2) is 42.5 Å². The Morgan fingerprint density at radius 3 is 2.80 bits per heavy atom. The number of hydrogen-bond acceptors (Lipinski definition) is 4. The minimum absolute atomic E-state index is 0.0857. The first-order valence-corrected chi connectivity index (χ1v) is 10.8. The van der Waals surface area contributed by atoms with Gasteiger partial charge in [-0.15, -0.1) is 0 Å². The van der Waals surface area contributed by atoms with Crippen LogP contribution in [-0.4, -0.2) is 43.1 Å². The lowest BCUT2D eigenvalue weighted by Gasteiger charge is -2.44. The molecule has 0 bridgehead atoms. The fourth-order valence-corrected chi connectivity index (χ4v) is 4.57. The summed E-state index contributed by atoms with van der Waals surface area (Å²) in [6.07, 6.45) is 4.40. The van der Waals surface area contributed by atoms with Crippen molar-refractivity contribution in [2.24, 2.45) is 0 Å². The Morgan fingerprint density at radius 1 is 1.17 bits per heavy atom. The van der Waals surface area contributed by atoms with Crippen LogP contribution in [-0.2, 0) is 6.54 Å². The van der Waals surface area contributed by atoms with Crippen LogP contribution in [0.2, 0.25) is 0 Å². The number of benzene rings is 2. The van der Waals surface area contributed by atoms with Gasteiger partial charge in [0.25, 0.3) is 11.8 Å². The number of ether oxygens (including phenoxy) is 1. The largest absolute Gasteiger partial charge is 0.496 e. The minimum Gasteiger partial charge on any atom is -0.496 e. The number of para-hydroxylation sites is 1. The number of methoxy groups -OCH3 is 1. The van der Waals surface area contributed by atoms with Gasteiger partial charge in [0.2, 0.25) is 0 Å². The van der Waals surface area contributed by atoms with Gasteiger partial charge in [0, 0.05) is 30.8 Å². The van der Waals surface area contributed by atoms with E-state index in [0.29, 0.717) is 17.7 Å². The Bertz CT molecular complexity index is 943. The highest BCUT2D eigenvalue weighted by atomic mass is 16.5. The minimum atomic E-state index is -0.157. The fourth-order valence-electron chi connectivity index (χ4n) is 4.57. The van der Waals surface area contributed by atoms with E-state index < -0.39 is 0 Å².